The van der Waals surface area contributed by atoms with Gasteiger partial charge >= 0.3 is 0 Å². The Morgan fingerprint density at radius 2 is 2.15 bits per heavy atom. The second kappa shape index (κ2) is 9.27. The molecule has 1 aliphatic heterocycles. The maximum atomic E-state index is 12.4. The minimum absolute atomic E-state index is 0.0959. The normalized spacial score (nSPS) is 17.5. The molecule has 2 aromatic rings. The van der Waals surface area contributed by atoms with Gasteiger partial charge in [0.15, 0.2) is 5.82 Å². The van der Waals surface area contributed by atoms with Crippen LogP contribution in [0.2, 0.25) is 0 Å². The quantitative estimate of drug-likeness (QED) is 0.713. The van der Waals surface area contributed by atoms with E-state index in [2.05, 4.69) is 32.7 Å². The Bertz CT molecular complexity index is 761. The van der Waals surface area contributed by atoms with Crippen LogP contribution in [0.15, 0.2) is 36.7 Å². The van der Waals surface area contributed by atoms with Crippen LogP contribution in [0.1, 0.15) is 31.2 Å². The lowest BCUT2D eigenvalue weighted by Gasteiger charge is -2.34. The molecule has 0 bridgehead atoms. The van der Waals surface area contributed by atoms with E-state index in [1.165, 1.54) is 0 Å². The van der Waals surface area contributed by atoms with E-state index in [4.69, 9.17) is 0 Å². The molecular formula is C19H26N6O2. The van der Waals surface area contributed by atoms with Crippen molar-refractivity contribution in [1.29, 1.82) is 0 Å². The first kappa shape index (κ1) is 19.0. The van der Waals surface area contributed by atoms with E-state index in [0.717, 1.165) is 30.9 Å². The molecule has 0 aliphatic carbocycles. The van der Waals surface area contributed by atoms with Crippen LogP contribution < -0.4 is 10.6 Å². The first-order chi connectivity index (χ1) is 13.2. The Hall–Kier alpha value is -2.74. The summed E-state index contributed by atoms with van der Waals surface area (Å²) in [6, 6.07) is 9.52. The van der Waals surface area contributed by atoms with Gasteiger partial charge in [-0.1, -0.05) is 37.3 Å². The molecule has 1 saturated heterocycles. The highest BCUT2D eigenvalue weighted by Crippen LogP contribution is 2.14. The van der Waals surface area contributed by atoms with Crippen molar-refractivity contribution in [3.63, 3.8) is 0 Å². The highest BCUT2D eigenvalue weighted by atomic mass is 16.2. The van der Waals surface area contributed by atoms with Crippen molar-refractivity contribution in [2.24, 2.45) is 0 Å². The molecule has 27 heavy (non-hydrogen) atoms. The smallest absolute Gasteiger partial charge is 0.237 e. The number of benzene rings is 1. The number of carbonyl (C=O) groups is 2. The summed E-state index contributed by atoms with van der Waals surface area (Å²) < 4.78 is 1.93. The molecule has 144 valence electrons. The van der Waals surface area contributed by atoms with Crippen molar-refractivity contribution in [3.05, 3.63) is 48.0 Å². The highest BCUT2D eigenvalue weighted by molar-refractivity contribution is 5.88. The lowest BCUT2D eigenvalue weighted by atomic mass is 10.1. The van der Waals surface area contributed by atoms with Gasteiger partial charge in [-0.05, 0) is 12.0 Å². The van der Waals surface area contributed by atoms with Crippen molar-refractivity contribution in [2.75, 3.05) is 13.1 Å². The van der Waals surface area contributed by atoms with E-state index in [1.54, 1.807) is 6.33 Å². The zero-order valence-electron chi connectivity index (χ0n) is 15.6. The summed E-state index contributed by atoms with van der Waals surface area (Å²) in [5, 5.41) is 13.7. The monoisotopic (exact) mass is 370 g/mol. The van der Waals surface area contributed by atoms with Gasteiger partial charge in [-0.25, -0.2) is 0 Å². The molecule has 1 atom stereocenters. The Morgan fingerprint density at radius 3 is 2.93 bits per heavy atom. The predicted molar refractivity (Wildman–Crippen MR) is 100 cm³/mol. The van der Waals surface area contributed by atoms with Crippen molar-refractivity contribution >= 4 is 11.8 Å². The number of aromatic nitrogens is 3. The van der Waals surface area contributed by atoms with Crippen LogP contribution >= 0.6 is 0 Å². The molecule has 1 fully saturated rings. The Morgan fingerprint density at radius 1 is 1.33 bits per heavy atom. The maximum absolute atomic E-state index is 12.4. The number of rotatable bonds is 8. The third-order valence-electron chi connectivity index (χ3n) is 4.65. The molecule has 8 nitrogen and oxygen atoms in total. The van der Waals surface area contributed by atoms with Crippen molar-refractivity contribution in [1.82, 2.24) is 30.3 Å². The Kier molecular flexibility index (Phi) is 6.54. The molecule has 1 aromatic heterocycles. The Labute approximate surface area is 159 Å². The number of hydrogen-bond acceptors (Lipinski definition) is 5. The molecule has 0 saturated carbocycles. The number of piperazine rings is 1. The average molecular weight is 370 g/mol. The lowest BCUT2D eigenvalue weighted by molar-refractivity contribution is -0.134. The summed E-state index contributed by atoms with van der Waals surface area (Å²) in [6.07, 6.45) is 2.76. The van der Waals surface area contributed by atoms with Crippen molar-refractivity contribution in [2.45, 2.75) is 45.4 Å². The summed E-state index contributed by atoms with van der Waals surface area (Å²) in [5.41, 5.74) is 1.13. The standard InChI is InChI=1S/C19H26N6O2/c1-2-9-25-14-22-23-17(25)12-21-18(26)11-16-19(27)20-8-10-24(16)13-15-6-4-3-5-7-15/h3-7,14,16H,2,8-13H2,1H3,(H,20,27)(H,21,26)/t16-/m1/s1. The van der Waals surface area contributed by atoms with Gasteiger partial charge in [0, 0.05) is 26.2 Å². The molecule has 0 unspecified atom stereocenters. The summed E-state index contributed by atoms with van der Waals surface area (Å²) in [4.78, 5) is 26.9. The summed E-state index contributed by atoms with van der Waals surface area (Å²) in [7, 11) is 0. The fraction of sp³-hybridized carbons (Fsp3) is 0.474. The van der Waals surface area contributed by atoms with Gasteiger partial charge in [0.05, 0.1) is 19.0 Å². The largest absolute Gasteiger partial charge is 0.353 e. The predicted octanol–water partition coefficient (Wildman–Crippen LogP) is 0.695. The molecule has 1 aliphatic rings. The molecule has 0 spiro atoms. The summed E-state index contributed by atoms with van der Waals surface area (Å²) in [5.74, 6) is 0.460. The molecule has 2 amide bonds. The number of amides is 2. The first-order valence-corrected chi connectivity index (χ1v) is 9.36. The van der Waals surface area contributed by atoms with Gasteiger partial charge in [-0.3, -0.25) is 14.5 Å². The molecule has 2 N–H and O–H groups in total. The summed E-state index contributed by atoms with van der Waals surface area (Å²) in [6.45, 7) is 5.18. The second-order valence-electron chi connectivity index (χ2n) is 6.68. The van der Waals surface area contributed by atoms with Gasteiger partial charge < -0.3 is 15.2 Å². The van der Waals surface area contributed by atoms with Crippen LogP contribution in [0, 0.1) is 0 Å². The van der Waals surface area contributed by atoms with Gasteiger partial charge in [-0.2, -0.15) is 0 Å². The topological polar surface area (TPSA) is 92.1 Å². The van der Waals surface area contributed by atoms with Crippen LogP contribution in [-0.2, 0) is 29.2 Å². The van der Waals surface area contributed by atoms with E-state index in [-0.39, 0.29) is 18.2 Å². The average Bonchev–Trinajstić information content (AvgIpc) is 3.11. The molecule has 1 aromatic carbocycles. The van der Waals surface area contributed by atoms with E-state index >= 15 is 0 Å². The molecule has 2 heterocycles. The first-order valence-electron chi connectivity index (χ1n) is 9.36. The van der Waals surface area contributed by atoms with Crippen molar-refractivity contribution < 1.29 is 9.59 Å². The lowest BCUT2D eigenvalue weighted by Crippen LogP contribution is -2.56. The van der Waals surface area contributed by atoms with Crippen LogP contribution in [0.3, 0.4) is 0 Å². The SMILES string of the molecule is CCCn1cnnc1CNC(=O)C[C@@H]1C(=O)NCCN1Cc1ccccc1. The van der Waals surface area contributed by atoms with E-state index in [1.807, 2.05) is 34.9 Å². The third kappa shape index (κ3) is 5.13. The fourth-order valence-corrected chi connectivity index (χ4v) is 3.26. The summed E-state index contributed by atoms with van der Waals surface area (Å²) >= 11 is 0. The number of carbonyl (C=O) groups excluding carboxylic acids is 2. The van der Waals surface area contributed by atoms with Gasteiger partial charge in [-0.15, -0.1) is 10.2 Å². The molecule has 0 radical (unpaired) electrons. The van der Waals surface area contributed by atoms with Gasteiger partial charge in [0.2, 0.25) is 11.8 Å². The van der Waals surface area contributed by atoms with E-state index < -0.39 is 6.04 Å². The maximum Gasteiger partial charge on any atom is 0.237 e. The van der Waals surface area contributed by atoms with E-state index in [9.17, 15) is 9.59 Å². The minimum Gasteiger partial charge on any atom is -0.353 e. The zero-order valence-corrected chi connectivity index (χ0v) is 15.6. The van der Waals surface area contributed by atoms with E-state index in [0.29, 0.717) is 19.6 Å². The van der Waals surface area contributed by atoms with Crippen LogP contribution in [0.25, 0.3) is 0 Å². The number of nitrogens with zero attached hydrogens (tertiary/aromatic N) is 4. The van der Waals surface area contributed by atoms with Gasteiger partial charge in [0.1, 0.15) is 6.33 Å². The molecule has 3 rings (SSSR count). The van der Waals surface area contributed by atoms with Crippen LogP contribution in [-0.4, -0.2) is 50.6 Å². The van der Waals surface area contributed by atoms with Crippen molar-refractivity contribution in [3.8, 4) is 0 Å². The second-order valence-corrected chi connectivity index (χ2v) is 6.68. The number of aryl methyl sites for hydroxylation is 1. The molecule has 8 heteroatoms. The molecular weight excluding hydrogens is 344 g/mol. The van der Waals surface area contributed by atoms with Crippen LogP contribution in [0.5, 0.6) is 0 Å². The number of hydrogen-bond donors (Lipinski definition) is 2. The van der Waals surface area contributed by atoms with Gasteiger partial charge in [0.25, 0.3) is 0 Å². The van der Waals surface area contributed by atoms with Crippen LogP contribution in [0.4, 0.5) is 0 Å². The third-order valence-corrected chi connectivity index (χ3v) is 4.65. The highest BCUT2D eigenvalue weighted by Gasteiger charge is 2.31. The number of nitrogens with one attached hydrogen (secondary N) is 2. The minimum atomic E-state index is -0.465. The fourth-order valence-electron chi connectivity index (χ4n) is 3.26. The zero-order chi connectivity index (χ0) is 19.1. The Balaban J connectivity index is 1.58.